The number of aliphatic carboxylic acids is 1. The van der Waals surface area contributed by atoms with Gasteiger partial charge in [-0.05, 0) is 11.5 Å². The van der Waals surface area contributed by atoms with Crippen LogP contribution in [-0.2, 0) is 16.1 Å². The minimum Gasteiger partial charge on any atom is -0.481 e. The molecule has 5 heteroatoms. The molecule has 0 unspecified atom stereocenters. The molecule has 0 aliphatic heterocycles. The highest BCUT2D eigenvalue weighted by Crippen LogP contribution is 2.58. The Morgan fingerprint density at radius 2 is 1.90 bits per heavy atom. The van der Waals surface area contributed by atoms with Crippen molar-refractivity contribution in [2.45, 2.75) is 20.4 Å². The molecule has 0 radical (unpaired) electrons. The Labute approximate surface area is 117 Å². The molecule has 0 heterocycles. The van der Waals surface area contributed by atoms with Crippen molar-refractivity contribution in [2.24, 2.45) is 17.3 Å². The van der Waals surface area contributed by atoms with Gasteiger partial charge in [-0.15, -0.1) is 0 Å². The van der Waals surface area contributed by atoms with Crippen molar-refractivity contribution in [2.75, 3.05) is 7.05 Å². The second kappa shape index (κ2) is 4.89. The first-order chi connectivity index (χ1) is 9.26. The molecule has 0 aromatic heterocycles. The summed E-state index contributed by atoms with van der Waals surface area (Å²) >= 11 is 0. The molecule has 1 saturated carbocycles. The van der Waals surface area contributed by atoms with E-state index in [-0.39, 0.29) is 18.3 Å². The number of nitrogens with zero attached hydrogens (tertiary/aromatic N) is 1. The molecule has 20 heavy (non-hydrogen) atoms. The number of carboxylic acids is 1. The number of carbonyl (C=O) groups is 2. The van der Waals surface area contributed by atoms with Crippen molar-refractivity contribution in [3.63, 3.8) is 0 Å². The van der Waals surface area contributed by atoms with E-state index in [1.54, 1.807) is 39.1 Å². The zero-order chi connectivity index (χ0) is 15.1. The molecule has 1 aromatic rings. The number of amides is 1. The Morgan fingerprint density at radius 3 is 2.40 bits per heavy atom. The van der Waals surface area contributed by atoms with Crippen LogP contribution in [0.5, 0.6) is 0 Å². The van der Waals surface area contributed by atoms with Gasteiger partial charge in [-0.2, -0.15) is 0 Å². The van der Waals surface area contributed by atoms with Gasteiger partial charge in [-0.25, -0.2) is 4.39 Å². The standard InChI is InChI=1S/C15H18FNO3/c1-15(2)11(12(15)14(19)20)13(18)17(3)8-9-6-4-5-7-10(9)16/h4-7,11-12H,8H2,1-3H3,(H,19,20)/t11-,12+/m1/s1. The lowest BCUT2D eigenvalue weighted by molar-refractivity contribution is -0.141. The highest BCUT2D eigenvalue weighted by atomic mass is 19.1. The molecule has 2 atom stereocenters. The van der Waals surface area contributed by atoms with Gasteiger partial charge >= 0.3 is 5.97 Å². The molecule has 1 aliphatic carbocycles. The summed E-state index contributed by atoms with van der Waals surface area (Å²) in [6.07, 6.45) is 0. The van der Waals surface area contributed by atoms with Crippen molar-refractivity contribution in [3.05, 3.63) is 35.6 Å². The molecular weight excluding hydrogens is 261 g/mol. The maximum Gasteiger partial charge on any atom is 0.307 e. The van der Waals surface area contributed by atoms with E-state index in [9.17, 15) is 14.0 Å². The Bertz CT molecular complexity index is 556. The fraction of sp³-hybridized carbons (Fsp3) is 0.467. The maximum absolute atomic E-state index is 13.6. The van der Waals surface area contributed by atoms with Crippen LogP contribution < -0.4 is 0 Å². The van der Waals surface area contributed by atoms with Gasteiger partial charge in [-0.1, -0.05) is 32.0 Å². The second-order valence-electron chi connectivity index (χ2n) is 5.90. The molecule has 108 valence electrons. The first kappa shape index (κ1) is 14.5. The zero-order valence-electron chi connectivity index (χ0n) is 11.8. The SMILES string of the molecule is CN(Cc1ccccc1F)C(=O)[C@H]1[C@@H](C(=O)O)C1(C)C. The average Bonchev–Trinajstić information content (AvgIpc) is 2.94. The van der Waals surface area contributed by atoms with Crippen molar-refractivity contribution in [1.29, 1.82) is 0 Å². The van der Waals surface area contributed by atoms with Crippen molar-refractivity contribution in [1.82, 2.24) is 4.90 Å². The predicted octanol–water partition coefficient (Wildman–Crippen LogP) is 2.14. The van der Waals surface area contributed by atoms with E-state index in [0.717, 1.165) is 0 Å². The lowest BCUT2D eigenvalue weighted by Gasteiger charge is -2.18. The molecule has 0 spiro atoms. The number of hydrogen-bond acceptors (Lipinski definition) is 2. The van der Waals surface area contributed by atoms with Gasteiger partial charge in [-0.3, -0.25) is 9.59 Å². The molecular formula is C15H18FNO3. The normalized spacial score (nSPS) is 23.2. The summed E-state index contributed by atoms with van der Waals surface area (Å²) in [4.78, 5) is 24.8. The summed E-state index contributed by atoms with van der Waals surface area (Å²) in [6, 6.07) is 6.25. The van der Waals surface area contributed by atoms with E-state index in [1.165, 1.54) is 11.0 Å². The molecule has 2 rings (SSSR count). The van der Waals surface area contributed by atoms with Crippen molar-refractivity contribution in [3.8, 4) is 0 Å². The molecule has 1 aromatic carbocycles. The summed E-state index contributed by atoms with van der Waals surface area (Å²) in [5.74, 6) is -2.75. The molecule has 1 N–H and O–H groups in total. The van der Waals surface area contributed by atoms with Crippen molar-refractivity contribution >= 4 is 11.9 Å². The van der Waals surface area contributed by atoms with E-state index in [4.69, 9.17) is 5.11 Å². The number of benzene rings is 1. The third kappa shape index (κ3) is 2.40. The number of rotatable bonds is 4. The minimum absolute atomic E-state index is 0.143. The monoisotopic (exact) mass is 279 g/mol. The predicted molar refractivity (Wildman–Crippen MR) is 71.3 cm³/mol. The maximum atomic E-state index is 13.6. The van der Waals surface area contributed by atoms with Gasteiger partial charge in [0, 0.05) is 19.2 Å². The summed E-state index contributed by atoms with van der Waals surface area (Å²) in [5.41, 5.74) is -0.111. The van der Waals surface area contributed by atoms with Crippen LogP contribution >= 0.6 is 0 Å². The first-order valence-electron chi connectivity index (χ1n) is 6.48. The molecule has 1 fully saturated rings. The van der Waals surface area contributed by atoms with E-state index < -0.39 is 23.2 Å². The summed E-state index contributed by atoms with van der Waals surface area (Å²) in [7, 11) is 1.57. The molecule has 1 aliphatic rings. The van der Waals surface area contributed by atoms with Crippen LogP contribution in [0.25, 0.3) is 0 Å². The molecule has 0 bridgehead atoms. The fourth-order valence-corrected chi connectivity index (χ4v) is 2.76. The summed E-state index contributed by atoms with van der Waals surface area (Å²) in [5, 5.41) is 9.09. The Hall–Kier alpha value is -1.91. The van der Waals surface area contributed by atoms with Crippen LogP contribution in [0, 0.1) is 23.1 Å². The van der Waals surface area contributed by atoms with Crippen LogP contribution in [-0.4, -0.2) is 28.9 Å². The average molecular weight is 279 g/mol. The Balaban J connectivity index is 2.08. The quantitative estimate of drug-likeness (QED) is 0.918. The smallest absolute Gasteiger partial charge is 0.307 e. The topological polar surface area (TPSA) is 57.6 Å². The minimum atomic E-state index is -0.951. The highest BCUT2D eigenvalue weighted by molar-refractivity contribution is 5.91. The van der Waals surface area contributed by atoms with Crippen LogP contribution in [0.3, 0.4) is 0 Å². The van der Waals surface area contributed by atoms with Gasteiger partial charge in [0.25, 0.3) is 0 Å². The van der Waals surface area contributed by atoms with Crippen molar-refractivity contribution < 1.29 is 19.1 Å². The van der Waals surface area contributed by atoms with E-state index >= 15 is 0 Å². The lowest BCUT2D eigenvalue weighted by Crippen LogP contribution is -2.30. The number of halogens is 1. The number of hydrogen-bond donors (Lipinski definition) is 1. The largest absolute Gasteiger partial charge is 0.481 e. The van der Waals surface area contributed by atoms with Crippen LogP contribution in [0.4, 0.5) is 4.39 Å². The third-order valence-corrected chi connectivity index (χ3v) is 4.10. The third-order valence-electron chi connectivity index (χ3n) is 4.10. The van der Waals surface area contributed by atoms with Crippen LogP contribution in [0.15, 0.2) is 24.3 Å². The van der Waals surface area contributed by atoms with Gasteiger partial charge in [0.1, 0.15) is 5.82 Å². The molecule has 1 amide bonds. The van der Waals surface area contributed by atoms with E-state index in [1.807, 2.05) is 0 Å². The van der Waals surface area contributed by atoms with Gasteiger partial charge in [0.2, 0.25) is 5.91 Å². The van der Waals surface area contributed by atoms with Crippen LogP contribution in [0.2, 0.25) is 0 Å². The lowest BCUT2D eigenvalue weighted by atomic mass is 10.1. The highest BCUT2D eigenvalue weighted by Gasteiger charge is 2.66. The van der Waals surface area contributed by atoms with Gasteiger partial charge in [0.15, 0.2) is 0 Å². The number of carbonyl (C=O) groups excluding carboxylic acids is 1. The van der Waals surface area contributed by atoms with Gasteiger partial charge < -0.3 is 10.0 Å². The first-order valence-corrected chi connectivity index (χ1v) is 6.48. The Morgan fingerprint density at radius 1 is 1.30 bits per heavy atom. The van der Waals surface area contributed by atoms with E-state index in [0.29, 0.717) is 5.56 Å². The summed E-state index contributed by atoms with van der Waals surface area (Å²) in [6.45, 7) is 3.68. The summed E-state index contributed by atoms with van der Waals surface area (Å²) < 4.78 is 13.6. The zero-order valence-corrected chi connectivity index (χ0v) is 11.8. The molecule has 0 saturated heterocycles. The molecule has 4 nitrogen and oxygen atoms in total. The van der Waals surface area contributed by atoms with E-state index in [2.05, 4.69) is 0 Å². The fourth-order valence-electron chi connectivity index (χ4n) is 2.76. The van der Waals surface area contributed by atoms with Crippen LogP contribution in [0.1, 0.15) is 19.4 Å². The number of carboxylic acid groups (broad SMARTS) is 1. The van der Waals surface area contributed by atoms with Gasteiger partial charge in [0.05, 0.1) is 11.8 Å². The second-order valence-corrected chi connectivity index (χ2v) is 5.90. The Kier molecular flexibility index (Phi) is 3.54.